The van der Waals surface area contributed by atoms with Crippen molar-refractivity contribution >= 4 is 5.91 Å². The molecule has 0 saturated carbocycles. The topological polar surface area (TPSA) is 20.3 Å². The number of rotatable bonds is 2. The first kappa shape index (κ1) is 12.2. The molecule has 0 radical (unpaired) electrons. The zero-order valence-corrected chi connectivity index (χ0v) is 10.7. The molecular formula is C15H21NO. The Labute approximate surface area is 104 Å². The molecule has 1 aliphatic rings. The summed E-state index contributed by atoms with van der Waals surface area (Å²) in [7, 11) is 0. The van der Waals surface area contributed by atoms with Crippen LogP contribution in [-0.4, -0.2) is 16.8 Å². The molecule has 1 aromatic rings. The van der Waals surface area contributed by atoms with Crippen LogP contribution >= 0.6 is 0 Å². The van der Waals surface area contributed by atoms with E-state index in [0.29, 0.717) is 12.3 Å². The van der Waals surface area contributed by atoms with Crippen molar-refractivity contribution in [1.82, 2.24) is 4.90 Å². The standard InChI is InChI=1S/C15H21NO/c1-12(2)16-14(10-6-7-11-15(16)17)13-8-4-3-5-9-13/h3-5,8-9,12,14H,6-7,10-11H2,1-2H3. The Morgan fingerprint density at radius 2 is 1.88 bits per heavy atom. The summed E-state index contributed by atoms with van der Waals surface area (Å²) >= 11 is 0. The number of hydrogen-bond acceptors (Lipinski definition) is 1. The molecule has 2 nitrogen and oxygen atoms in total. The summed E-state index contributed by atoms with van der Waals surface area (Å²) in [5.41, 5.74) is 1.27. The molecule has 0 aromatic heterocycles. The zero-order valence-electron chi connectivity index (χ0n) is 10.7. The Kier molecular flexibility index (Phi) is 3.82. The SMILES string of the molecule is CC(C)N1C(=O)CCCCC1c1ccccc1. The summed E-state index contributed by atoms with van der Waals surface area (Å²) in [6.07, 6.45) is 3.98. The van der Waals surface area contributed by atoms with E-state index in [9.17, 15) is 4.79 Å². The summed E-state index contributed by atoms with van der Waals surface area (Å²) in [6, 6.07) is 11.0. The minimum atomic E-state index is 0.270. The van der Waals surface area contributed by atoms with E-state index in [2.05, 4.69) is 43.0 Å². The summed E-state index contributed by atoms with van der Waals surface area (Å²) in [6.45, 7) is 4.22. The molecule has 17 heavy (non-hydrogen) atoms. The number of hydrogen-bond donors (Lipinski definition) is 0. The van der Waals surface area contributed by atoms with Crippen molar-refractivity contribution in [3.05, 3.63) is 35.9 Å². The van der Waals surface area contributed by atoms with E-state index in [1.54, 1.807) is 0 Å². The van der Waals surface area contributed by atoms with Gasteiger partial charge in [-0.3, -0.25) is 4.79 Å². The Balaban J connectivity index is 2.31. The fraction of sp³-hybridized carbons (Fsp3) is 0.533. The summed E-state index contributed by atoms with van der Waals surface area (Å²) < 4.78 is 0. The van der Waals surface area contributed by atoms with Gasteiger partial charge in [0.2, 0.25) is 5.91 Å². The second-order valence-electron chi connectivity index (χ2n) is 5.07. The zero-order chi connectivity index (χ0) is 12.3. The van der Waals surface area contributed by atoms with E-state index in [-0.39, 0.29) is 12.1 Å². The maximum atomic E-state index is 12.2. The maximum Gasteiger partial charge on any atom is 0.223 e. The third-order valence-corrected chi connectivity index (χ3v) is 3.48. The molecule has 1 atom stereocenters. The van der Waals surface area contributed by atoms with Crippen LogP contribution in [0.3, 0.4) is 0 Å². The summed E-state index contributed by atoms with van der Waals surface area (Å²) in [4.78, 5) is 14.2. The number of likely N-dealkylation sites (tertiary alicyclic amines) is 1. The first-order valence-electron chi connectivity index (χ1n) is 6.56. The Hall–Kier alpha value is -1.31. The molecule has 0 spiro atoms. The fourth-order valence-corrected chi connectivity index (χ4v) is 2.71. The highest BCUT2D eigenvalue weighted by Gasteiger charge is 2.28. The summed E-state index contributed by atoms with van der Waals surface area (Å²) in [5, 5.41) is 0. The van der Waals surface area contributed by atoms with Gasteiger partial charge in [-0.1, -0.05) is 36.8 Å². The van der Waals surface area contributed by atoms with Crippen LogP contribution < -0.4 is 0 Å². The lowest BCUT2D eigenvalue weighted by Crippen LogP contribution is -2.38. The highest BCUT2D eigenvalue weighted by atomic mass is 16.2. The van der Waals surface area contributed by atoms with Crippen molar-refractivity contribution in [3.63, 3.8) is 0 Å². The van der Waals surface area contributed by atoms with Gasteiger partial charge in [0.1, 0.15) is 0 Å². The molecule has 1 amide bonds. The van der Waals surface area contributed by atoms with Crippen LogP contribution in [-0.2, 0) is 4.79 Å². The number of amides is 1. The Morgan fingerprint density at radius 3 is 2.53 bits per heavy atom. The molecular weight excluding hydrogens is 210 g/mol. The van der Waals surface area contributed by atoms with Crippen LogP contribution in [0, 0.1) is 0 Å². The van der Waals surface area contributed by atoms with Crippen LogP contribution in [0.2, 0.25) is 0 Å². The first-order valence-corrected chi connectivity index (χ1v) is 6.56. The van der Waals surface area contributed by atoms with Gasteiger partial charge in [0.15, 0.2) is 0 Å². The van der Waals surface area contributed by atoms with Gasteiger partial charge in [0.25, 0.3) is 0 Å². The lowest BCUT2D eigenvalue weighted by molar-refractivity contribution is -0.135. The molecule has 1 unspecified atom stereocenters. The predicted molar refractivity (Wildman–Crippen MR) is 69.6 cm³/mol. The van der Waals surface area contributed by atoms with E-state index in [4.69, 9.17) is 0 Å². The minimum absolute atomic E-state index is 0.270. The number of benzene rings is 1. The van der Waals surface area contributed by atoms with E-state index in [0.717, 1.165) is 19.3 Å². The van der Waals surface area contributed by atoms with Crippen molar-refractivity contribution in [1.29, 1.82) is 0 Å². The van der Waals surface area contributed by atoms with Gasteiger partial charge < -0.3 is 4.90 Å². The summed E-state index contributed by atoms with van der Waals surface area (Å²) in [5.74, 6) is 0.311. The smallest absolute Gasteiger partial charge is 0.223 e. The molecule has 1 aliphatic heterocycles. The molecule has 0 N–H and O–H groups in total. The third kappa shape index (κ3) is 2.68. The molecule has 2 heteroatoms. The van der Waals surface area contributed by atoms with Crippen molar-refractivity contribution < 1.29 is 4.79 Å². The van der Waals surface area contributed by atoms with E-state index in [1.165, 1.54) is 5.56 Å². The lowest BCUT2D eigenvalue weighted by atomic mass is 10.00. The van der Waals surface area contributed by atoms with Crippen molar-refractivity contribution in [2.45, 2.75) is 51.6 Å². The number of nitrogens with zero attached hydrogens (tertiary/aromatic N) is 1. The second-order valence-corrected chi connectivity index (χ2v) is 5.07. The Bertz CT molecular complexity index is 372. The lowest BCUT2D eigenvalue weighted by Gasteiger charge is -2.34. The highest BCUT2D eigenvalue weighted by Crippen LogP contribution is 2.32. The van der Waals surface area contributed by atoms with Crippen molar-refractivity contribution in [3.8, 4) is 0 Å². The van der Waals surface area contributed by atoms with Gasteiger partial charge in [0.05, 0.1) is 6.04 Å². The van der Waals surface area contributed by atoms with Gasteiger partial charge in [-0.2, -0.15) is 0 Å². The van der Waals surface area contributed by atoms with Gasteiger partial charge in [-0.25, -0.2) is 0 Å². The highest BCUT2D eigenvalue weighted by molar-refractivity contribution is 5.77. The largest absolute Gasteiger partial charge is 0.333 e. The van der Waals surface area contributed by atoms with E-state index < -0.39 is 0 Å². The van der Waals surface area contributed by atoms with Crippen LogP contribution in [0.15, 0.2) is 30.3 Å². The van der Waals surface area contributed by atoms with Crippen LogP contribution in [0.5, 0.6) is 0 Å². The number of carbonyl (C=O) groups excluding carboxylic acids is 1. The minimum Gasteiger partial charge on any atom is -0.333 e. The molecule has 1 fully saturated rings. The van der Waals surface area contributed by atoms with E-state index in [1.807, 2.05) is 6.07 Å². The fourth-order valence-electron chi connectivity index (χ4n) is 2.71. The second kappa shape index (κ2) is 5.35. The third-order valence-electron chi connectivity index (χ3n) is 3.48. The van der Waals surface area contributed by atoms with Crippen LogP contribution in [0.25, 0.3) is 0 Å². The molecule has 1 saturated heterocycles. The molecule has 2 rings (SSSR count). The van der Waals surface area contributed by atoms with Crippen LogP contribution in [0.4, 0.5) is 0 Å². The van der Waals surface area contributed by atoms with Crippen LogP contribution in [0.1, 0.15) is 51.1 Å². The molecule has 1 heterocycles. The van der Waals surface area contributed by atoms with Crippen molar-refractivity contribution in [2.75, 3.05) is 0 Å². The predicted octanol–water partition coefficient (Wildman–Crippen LogP) is 3.54. The normalized spacial score (nSPS) is 21.7. The molecule has 92 valence electrons. The van der Waals surface area contributed by atoms with Crippen molar-refractivity contribution in [2.24, 2.45) is 0 Å². The Morgan fingerprint density at radius 1 is 1.18 bits per heavy atom. The van der Waals surface area contributed by atoms with Gasteiger partial charge in [0, 0.05) is 12.5 Å². The van der Waals surface area contributed by atoms with Gasteiger partial charge in [-0.05, 0) is 32.3 Å². The maximum absolute atomic E-state index is 12.2. The number of carbonyl (C=O) groups is 1. The first-order chi connectivity index (χ1) is 8.20. The molecule has 0 bridgehead atoms. The van der Waals surface area contributed by atoms with E-state index >= 15 is 0 Å². The van der Waals surface area contributed by atoms with Gasteiger partial charge >= 0.3 is 0 Å². The molecule has 0 aliphatic carbocycles. The monoisotopic (exact) mass is 231 g/mol. The quantitative estimate of drug-likeness (QED) is 0.762. The average molecular weight is 231 g/mol. The average Bonchev–Trinajstić information content (AvgIpc) is 2.52. The van der Waals surface area contributed by atoms with Gasteiger partial charge in [-0.15, -0.1) is 0 Å². The molecule has 1 aromatic carbocycles.